The maximum Gasteiger partial charge on any atom is 0.420 e. The lowest BCUT2D eigenvalue weighted by Crippen LogP contribution is -2.34. The number of nitrogens with zero attached hydrogens (tertiary/aromatic N) is 2. The number of halogens is 6. The second kappa shape index (κ2) is 7.44. The average molecular weight is 398 g/mol. The zero-order valence-corrected chi connectivity index (χ0v) is 13.8. The molecule has 4 nitrogen and oxygen atoms in total. The third kappa shape index (κ3) is 4.31. The molecule has 1 heterocycles. The largest absolute Gasteiger partial charge is 0.420 e. The van der Waals surface area contributed by atoms with Gasteiger partial charge in [-0.2, -0.15) is 17.6 Å². The van der Waals surface area contributed by atoms with Crippen molar-refractivity contribution in [3.8, 4) is 0 Å². The van der Waals surface area contributed by atoms with Crippen LogP contribution in [-0.2, 0) is 12.7 Å². The van der Waals surface area contributed by atoms with Gasteiger partial charge in [-0.3, -0.25) is 0 Å². The Hall–Kier alpha value is -2.07. The Morgan fingerprint density at radius 1 is 1.28 bits per heavy atom. The van der Waals surface area contributed by atoms with E-state index < -0.39 is 40.2 Å². The first kappa shape index (κ1) is 19.3. The van der Waals surface area contributed by atoms with Crippen molar-refractivity contribution in [2.24, 2.45) is 0 Å². The predicted molar refractivity (Wildman–Crippen MR) is 84.3 cm³/mol. The number of carbonyl (C=O) groups is 1. The summed E-state index contributed by atoms with van der Waals surface area (Å²) in [4.78, 5) is 15.4. The molecule has 1 aromatic carbocycles. The van der Waals surface area contributed by atoms with Gasteiger partial charge >= 0.3 is 12.2 Å². The van der Waals surface area contributed by atoms with E-state index in [1.54, 1.807) is 0 Å². The molecule has 134 valence electrons. The average Bonchev–Trinajstić information content (AvgIpc) is 2.52. The Morgan fingerprint density at radius 3 is 2.56 bits per heavy atom. The molecule has 2 aromatic rings. The van der Waals surface area contributed by atoms with Gasteiger partial charge in [0.2, 0.25) is 5.95 Å². The van der Waals surface area contributed by atoms with Crippen LogP contribution in [0.1, 0.15) is 11.1 Å². The van der Waals surface area contributed by atoms with Crippen molar-refractivity contribution in [2.75, 3.05) is 4.31 Å². The number of hydrogen-bond acceptors (Lipinski definition) is 3. The first-order chi connectivity index (χ1) is 11.6. The van der Waals surface area contributed by atoms with E-state index in [2.05, 4.69) is 23.1 Å². The summed E-state index contributed by atoms with van der Waals surface area (Å²) in [6.07, 6.45) is -3.84. The number of benzene rings is 1. The second-order valence-electron chi connectivity index (χ2n) is 4.68. The summed E-state index contributed by atoms with van der Waals surface area (Å²) < 4.78 is 65.8. The fraction of sp³-hybridized carbons (Fsp3) is 0.143. The van der Waals surface area contributed by atoms with E-state index in [9.17, 15) is 26.7 Å². The number of nitrogens with one attached hydrogen (secondary N) is 1. The van der Waals surface area contributed by atoms with E-state index >= 15 is 0 Å². The number of carbonyl (C=O) groups excluding carboxylic acids is 1. The van der Waals surface area contributed by atoms with Crippen molar-refractivity contribution in [3.63, 3.8) is 0 Å². The quantitative estimate of drug-likeness (QED) is 0.452. The fourth-order valence-corrected chi connectivity index (χ4v) is 2.51. The van der Waals surface area contributed by atoms with Crippen LogP contribution >= 0.6 is 24.4 Å². The molecule has 0 radical (unpaired) electrons. The maximum atomic E-state index is 13.4. The first-order valence-corrected chi connectivity index (χ1v) is 7.32. The number of pyridine rings is 1. The Balaban J connectivity index is 2.21. The molecular formula is C14H9ClF5N3OS. The molecular weight excluding hydrogens is 389 g/mol. The molecule has 1 aromatic heterocycles. The van der Waals surface area contributed by atoms with E-state index in [-0.39, 0.29) is 12.1 Å². The maximum absolute atomic E-state index is 13.4. The van der Waals surface area contributed by atoms with Crippen molar-refractivity contribution in [1.82, 2.24) is 10.3 Å². The molecule has 0 aliphatic heterocycles. The molecule has 2 amide bonds. The van der Waals surface area contributed by atoms with Gasteiger partial charge in [-0.1, -0.05) is 30.5 Å². The number of hydrogen-bond donors (Lipinski definition) is 2. The highest BCUT2D eigenvalue weighted by atomic mass is 35.5. The van der Waals surface area contributed by atoms with Gasteiger partial charge in [-0.25, -0.2) is 18.5 Å². The molecule has 0 atom stereocenters. The van der Waals surface area contributed by atoms with Gasteiger partial charge in [0.15, 0.2) is 0 Å². The van der Waals surface area contributed by atoms with Gasteiger partial charge in [-0.05, 0) is 18.2 Å². The van der Waals surface area contributed by atoms with Gasteiger partial charge in [0, 0.05) is 18.3 Å². The van der Waals surface area contributed by atoms with E-state index in [0.717, 1.165) is 6.07 Å². The van der Waals surface area contributed by atoms with Crippen molar-refractivity contribution < 1.29 is 26.7 Å². The van der Waals surface area contributed by atoms with E-state index in [0.29, 0.717) is 10.4 Å². The smallest absolute Gasteiger partial charge is 0.333 e. The SMILES string of the molecule is O=C(NCc1cccnc1F)N(S)c1ccc(F)c(C(F)(F)F)c1Cl. The summed E-state index contributed by atoms with van der Waals surface area (Å²) in [5.41, 5.74) is -2.14. The molecule has 1 N–H and O–H groups in total. The Labute approximate surface area is 149 Å². The molecule has 0 bridgehead atoms. The fourth-order valence-electron chi connectivity index (χ4n) is 1.87. The standard InChI is InChI=1S/C14H9ClF5N3OS/c15-11-9(4-3-8(16)10(11)14(18,19)20)23(25)13(24)22-6-7-2-1-5-21-12(7)17/h1-5,25H,6H2,(H,22,24). The van der Waals surface area contributed by atoms with Gasteiger partial charge in [0.1, 0.15) is 11.4 Å². The number of thiol groups is 1. The minimum Gasteiger partial charge on any atom is -0.333 e. The highest BCUT2D eigenvalue weighted by Gasteiger charge is 2.38. The Bertz CT molecular complexity index is 803. The third-order valence-corrected chi connectivity index (χ3v) is 3.82. The summed E-state index contributed by atoms with van der Waals surface area (Å²) >= 11 is 9.35. The summed E-state index contributed by atoms with van der Waals surface area (Å²) in [6.45, 7) is -0.291. The molecule has 25 heavy (non-hydrogen) atoms. The van der Waals surface area contributed by atoms with Gasteiger partial charge in [0.05, 0.1) is 10.7 Å². The lowest BCUT2D eigenvalue weighted by Gasteiger charge is -2.20. The van der Waals surface area contributed by atoms with E-state index in [1.165, 1.54) is 18.3 Å². The molecule has 0 fully saturated rings. The Kier molecular flexibility index (Phi) is 5.73. The number of rotatable bonds is 3. The molecule has 0 saturated carbocycles. The van der Waals surface area contributed by atoms with Crippen LogP contribution in [0.15, 0.2) is 30.5 Å². The van der Waals surface area contributed by atoms with Crippen LogP contribution < -0.4 is 9.62 Å². The minimum absolute atomic E-state index is 0.0544. The van der Waals surface area contributed by atoms with Gasteiger partial charge in [-0.15, -0.1) is 0 Å². The number of urea groups is 1. The van der Waals surface area contributed by atoms with Crippen molar-refractivity contribution >= 4 is 36.1 Å². The number of anilines is 1. The predicted octanol–water partition coefficient (Wildman–Crippen LogP) is 4.59. The molecule has 0 spiro atoms. The zero-order valence-electron chi connectivity index (χ0n) is 12.1. The van der Waals surface area contributed by atoms with E-state index in [4.69, 9.17) is 11.6 Å². The van der Waals surface area contributed by atoms with Crippen molar-refractivity contribution in [2.45, 2.75) is 12.7 Å². The molecule has 0 saturated heterocycles. The summed E-state index contributed by atoms with van der Waals surface area (Å²) in [5, 5.41) is 1.21. The minimum atomic E-state index is -5.05. The monoisotopic (exact) mass is 397 g/mol. The highest BCUT2D eigenvalue weighted by molar-refractivity contribution is 7.82. The van der Waals surface area contributed by atoms with Crippen LogP contribution in [0.25, 0.3) is 0 Å². The normalized spacial score (nSPS) is 11.3. The van der Waals surface area contributed by atoms with Gasteiger partial charge in [0.25, 0.3) is 0 Å². The van der Waals surface area contributed by atoms with Crippen LogP contribution in [0.3, 0.4) is 0 Å². The summed E-state index contributed by atoms with van der Waals surface area (Å²) in [7, 11) is 0. The van der Waals surface area contributed by atoms with Crippen LogP contribution in [0.2, 0.25) is 5.02 Å². The number of alkyl halides is 3. The second-order valence-corrected chi connectivity index (χ2v) is 5.46. The van der Waals surface area contributed by atoms with Gasteiger partial charge < -0.3 is 5.32 Å². The molecule has 0 aliphatic rings. The Morgan fingerprint density at radius 2 is 1.96 bits per heavy atom. The molecule has 11 heteroatoms. The number of amides is 2. The number of aromatic nitrogens is 1. The lowest BCUT2D eigenvalue weighted by molar-refractivity contribution is -0.139. The van der Waals surface area contributed by atoms with Crippen LogP contribution in [0.5, 0.6) is 0 Å². The zero-order chi connectivity index (χ0) is 18.8. The van der Waals surface area contributed by atoms with Crippen molar-refractivity contribution in [3.05, 3.63) is 58.4 Å². The summed E-state index contributed by atoms with van der Waals surface area (Å²) in [6, 6.07) is 3.19. The first-order valence-electron chi connectivity index (χ1n) is 6.54. The van der Waals surface area contributed by atoms with Crippen LogP contribution in [0, 0.1) is 11.8 Å². The molecule has 0 unspecified atom stereocenters. The lowest BCUT2D eigenvalue weighted by atomic mass is 10.1. The summed E-state index contributed by atoms with van der Waals surface area (Å²) in [5.74, 6) is -2.39. The molecule has 0 aliphatic carbocycles. The van der Waals surface area contributed by atoms with Crippen LogP contribution in [-0.4, -0.2) is 11.0 Å². The third-order valence-electron chi connectivity index (χ3n) is 3.04. The van der Waals surface area contributed by atoms with Crippen molar-refractivity contribution in [1.29, 1.82) is 0 Å². The van der Waals surface area contributed by atoms with Crippen LogP contribution in [0.4, 0.5) is 32.4 Å². The molecule has 2 rings (SSSR count). The topological polar surface area (TPSA) is 45.2 Å². The van der Waals surface area contributed by atoms with E-state index in [1.807, 2.05) is 0 Å². The highest BCUT2D eigenvalue weighted by Crippen LogP contribution is 2.41.